The van der Waals surface area contributed by atoms with Gasteiger partial charge in [0.05, 0.1) is 0 Å². The van der Waals surface area contributed by atoms with Gasteiger partial charge >= 0.3 is 0 Å². The summed E-state index contributed by atoms with van der Waals surface area (Å²) < 4.78 is 0. The van der Waals surface area contributed by atoms with E-state index in [1.54, 1.807) is 0 Å². The van der Waals surface area contributed by atoms with E-state index in [1.807, 2.05) is 6.07 Å². The molecular formula is C13H21N3O. The van der Waals surface area contributed by atoms with Crippen LogP contribution >= 0.6 is 0 Å². The number of nitrogens with zero attached hydrogens (tertiary/aromatic N) is 1. The molecule has 1 aromatic carbocycles. The molecule has 0 fully saturated rings. The third kappa shape index (κ3) is 4.44. The number of amidine groups is 1. The Labute approximate surface area is 103 Å². The first kappa shape index (κ1) is 13.5. The first-order valence-electron chi connectivity index (χ1n) is 5.90. The second kappa shape index (κ2) is 6.91. The topological polar surface area (TPSA) is 70.6 Å². The Bertz CT molecular complexity index is 377. The van der Waals surface area contributed by atoms with Gasteiger partial charge in [0.1, 0.15) is 5.84 Å². The quantitative estimate of drug-likeness (QED) is 0.233. The number of benzene rings is 1. The fraction of sp³-hybridized carbons (Fsp3) is 0.462. The molecule has 1 aromatic rings. The highest BCUT2D eigenvalue weighted by Crippen LogP contribution is 2.16. The largest absolute Gasteiger partial charge is 0.409 e. The van der Waals surface area contributed by atoms with Gasteiger partial charge in [-0.15, -0.1) is 0 Å². The Kier molecular flexibility index (Phi) is 5.49. The number of hydrogen-bond acceptors (Lipinski definition) is 3. The molecule has 0 saturated heterocycles. The van der Waals surface area contributed by atoms with Gasteiger partial charge in [-0.25, -0.2) is 0 Å². The van der Waals surface area contributed by atoms with Gasteiger partial charge in [0.25, 0.3) is 0 Å². The Morgan fingerprint density at radius 2 is 2.18 bits per heavy atom. The molecule has 94 valence electrons. The number of nitrogens with two attached hydrogens (primary N) is 1. The Balaban J connectivity index is 2.35. The summed E-state index contributed by atoms with van der Waals surface area (Å²) in [7, 11) is 0. The van der Waals surface area contributed by atoms with Crippen molar-refractivity contribution in [1.29, 1.82) is 0 Å². The molecule has 0 aliphatic carbocycles. The van der Waals surface area contributed by atoms with Crippen molar-refractivity contribution in [3.63, 3.8) is 0 Å². The van der Waals surface area contributed by atoms with Crippen molar-refractivity contribution in [1.82, 2.24) is 5.32 Å². The summed E-state index contributed by atoms with van der Waals surface area (Å²) in [5.41, 5.74) is 8.01. The van der Waals surface area contributed by atoms with Crippen LogP contribution in [0.2, 0.25) is 0 Å². The van der Waals surface area contributed by atoms with Crippen molar-refractivity contribution >= 4 is 5.84 Å². The minimum Gasteiger partial charge on any atom is -0.409 e. The molecule has 0 amide bonds. The Hall–Kier alpha value is -1.55. The van der Waals surface area contributed by atoms with Crippen molar-refractivity contribution in [3.8, 4) is 0 Å². The maximum absolute atomic E-state index is 8.40. The second-order valence-corrected chi connectivity index (χ2v) is 4.23. The van der Waals surface area contributed by atoms with Crippen LogP contribution < -0.4 is 11.1 Å². The number of rotatable bonds is 6. The highest BCUT2D eigenvalue weighted by atomic mass is 16.4. The van der Waals surface area contributed by atoms with Crippen LogP contribution in [0.25, 0.3) is 0 Å². The van der Waals surface area contributed by atoms with E-state index < -0.39 is 0 Å². The third-order valence-corrected chi connectivity index (χ3v) is 2.84. The minimum atomic E-state index is 0.287. The highest BCUT2D eigenvalue weighted by molar-refractivity contribution is 5.79. The second-order valence-electron chi connectivity index (χ2n) is 4.23. The lowest BCUT2D eigenvalue weighted by Crippen LogP contribution is -2.22. The van der Waals surface area contributed by atoms with Crippen LogP contribution in [0.4, 0.5) is 0 Å². The average Bonchev–Trinajstić information content (AvgIpc) is 2.34. The summed E-state index contributed by atoms with van der Waals surface area (Å²) in [6.45, 7) is 5.11. The molecule has 1 rings (SSSR count). The first-order chi connectivity index (χ1) is 8.15. The molecule has 17 heavy (non-hydrogen) atoms. The predicted molar refractivity (Wildman–Crippen MR) is 70.2 cm³/mol. The molecule has 4 N–H and O–H groups in total. The fourth-order valence-electron chi connectivity index (χ4n) is 1.82. The molecule has 0 aliphatic rings. The Morgan fingerprint density at radius 1 is 1.47 bits per heavy atom. The average molecular weight is 235 g/mol. The first-order valence-corrected chi connectivity index (χ1v) is 5.90. The van der Waals surface area contributed by atoms with Crippen molar-refractivity contribution < 1.29 is 5.21 Å². The van der Waals surface area contributed by atoms with Crippen LogP contribution in [0.5, 0.6) is 0 Å². The van der Waals surface area contributed by atoms with Gasteiger partial charge in [-0.05, 0) is 37.9 Å². The van der Waals surface area contributed by atoms with E-state index in [0.717, 1.165) is 13.0 Å². The van der Waals surface area contributed by atoms with Crippen LogP contribution in [0, 0.1) is 6.92 Å². The summed E-state index contributed by atoms with van der Waals surface area (Å²) in [5, 5.41) is 14.8. The number of nitrogens with one attached hydrogen (secondary N) is 1. The number of aryl methyl sites for hydroxylation is 1. The molecule has 4 nitrogen and oxygen atoms in total. The van der Waals surface area contributed by atoms with E-state index in [-0.39, 0.29) is 5.84 Å². The normalized spacial score (nSPS) is 13.6. The summed E-state index contributed by atoms with van der Waals surface area (Å²) in [6.07, 6.45) is 1.48. The van der Waals surface area contributed by atoms with Gasteiger partial charge in [-0.2, -0.15) is 0 Å². The molecule has 0 saturated carbocycles. The van der Waals surface area contributed by atoms with Gasteiger partial charge in [0, 0.05) is 12.5 Å². The minimum absolute atomic E-state index is 0.287. The maximum Gasteiger partial charge on any atom is 0.139 e. The molecule has 1 atom stereocenters. The van der Waals surface area contributed by atoms with Crippen molar-refractivity contribution in [3.05, 3.63) is 35.4 Å². The SMILES string of the molecule is Cc1ccccc1[C@@H](C)NCCC/C(N)=N/O. The van der Waals surface area contributed by atoms with Gasteiger partial charge < -0.3 is 16.3 Å². The smallest absolute Gasteiger partial charge is 0.139 e. The number of hydrogen-bond donors (Lipinski definition) is 3. The molecule has 0 aliphatic heterocycles. The van der Waals surface area contributed by atoms with Crippen molar-refractivity contribution in [2.75, 3.05) is 6.54 Å². The van der Waals surface area contributed by atoms with Crippen LogP contribution in [0.3, 0.4) is 0 Å². The highest BCUT2D eigenvalue weighted by Gasteiger charge is 2.06. The van der Waals surface area contributed by atoms with E-state index >= 15 is 0 Å². The standard InChI is InChI=1S/C13H21N3O/c1-10-6-3-4-7-12(10)11(2)15-9-5-8-13(14)16-17/h3-4,6-7,11,15,17H,5,8-9H2,1-2H3,(H2,14,16)/t11-/m1/s1. The molecule has 0 aromatic heterocycles. The lowest BCUT2D eigenvalue weighted by atomic mass is 10.0. The Morgan fingerprint density at radius 3 is 2.82 bits per heavy atom. The van der Waals surface area contributed by atoms with Crippen LogP contribution in [0.15, 0.2) is 29.4 Å². The zero-order valence-electron chi connectivity index (χ0n) is 10.5. The molecular weight excluding hydrogens is 214 g/mol. The maximum atomic E-state index is 8.40. The van der Waals surface area contributed by atoms with Gasteiger partial charge in [0.2, 0.25) is 0 Å². The van der Waals surface area contributed by atoms with Gasteiger partial charge in [-0.3, -0.25) is 0 Å². The van der Waals surface area contributed by atoms with Crippen LogP contribution in [0.1, 0.15) is 36.9 Å². The molecule has 0 unspecified atom stereocenters. The number of oxime groups is 1. The molecule has 0 radical (unpaired) electrons. The molecule has 0 heterocycles. The van der Waals surface area contributed by atoms with Crippen molar-refractivity contribution in [2.45, 2.75) is 32.7 Å². The van der Waals surface area contributed by atoms with E-state index in [0.29, 0.717) is 12.5 Å². The van der Waals surface area contributed by atoms with Crippen molar-refractivity contribution in [2.24, 2.45) is 10.9 Å². The summed E-state index contributed by atoms with van der Waals surface area (Å²) in [5.74, 6) is 0.287. The zero-order valence-corrected chi connectivity index (χ0v) is 10.5. The lowest BCUT2D eigenvalue weighted by molar-refractivity contribution is 0.316. The monoisotopic (exact) mass is 235 g/mol. The zero-order chi connectivity index (χ0) is 12.7. The molecule has 0 bridgehead atoms. The third-order valence-electron chi connectivity index (χ3n) is 2.84. The van der Waals surface area contributed by atoms with Crippen LogP contribution in [-0.4, -0.2) is 17.6 Å². The van der Waals surface area contributed by atoms with E-state index in [4.69, 9.17) is 10.9 Å². The van der Waals surface area contributed by atoms with Gasteiger partial charge in [0.15, 0.2) is 0 Å². The molecule has 4 heteroatoms. The van der Waals surface area contributed by atoms with E-state index in [1.165, 1.54) is 11.1 Å². The summed E-state index contributed by atoms with van der Waals surface area (Å²) in [6, 6.07) is 8.67. The summed E-state index contributed by atoms with van der Waals surface area (Å²) >= 11 is 0. The fourth-order valence-corrected chi connectivity index (χ4v) is 1.82. The predicted octanol–water partition coefficient (Wildman–Crippen LogP) is 2.17. The van der Waals surface area contributed by atoms with E-state index in [9.17, 15) is 0 Å². The van der Waals surface area contributed by atoms with Gasteiger partial charge in [-0.1, -0.05) is 29.4 Å². The summed E-state index contributed by atoms with van der Waals surface area (Å²) in [4.78, 5) is 0. The molecule has 0 spiro atoms. The van der Waals surface area contributed by atoms with Crippen LogP contribution in [-0.2, 0) is 0 Å². The van der Waals surface area contributed by atoms with E-state index in [2.05, 4.69) is 42.5 Å². The lowest BCUT2D eigenvalue weighted by Gasteiger charge is -2.16.